The highest BCUT2D eigenvalue weighted by atomic mass is 16.5. The highest BCUT2D eigenvalue weighted by Gasteiger charge is 2.49. The Morgan fingerprint density at radius 1 is 0.871 bits per heavy atom. The van der Waals surface area contributed by atoms with Crippen LogP contribution in [-0.2, 0) is 9.59 Å². The van der Waals surface area contributed by atoms with E-state index < -0.39 is 29.7 Å². The molecule has 320 valence electrons. The average molecular weight is 839 g/mol. The molecule has 0 radical (unpaired) electrons. The molecule has 4 fully saturated rings. The van der Waals surface area contributed by atoms with Gasteiger partial charge < -0.3 is 25.0 Å². The fourth-order valence-electron chi connectivity index (χ4n) is 10.0. The fourth-order valence-corrected chi connectivity index (χ4v) is 10.0. The number of rotatable bonds is 12. The fraction of sp³-hybridized carbons (Fsp3) is 0.447. The molecule has 2 aliphatic carbocycles. The zero-order chi connectivity index (χ0) is 43.1. The lowest BCUT2D eigenvalue weighted by Gasteiger charge is -2.44. The van der Waals surface area contributed by atoms with Crippen LogP contribution in [0.5, 0.6) is 11.5 Å². The predicted octanol–water partition coefficient (Wildman–Crippen LogP) is 5.25. The quantitative estimate of drug-likeness (QED) is 0.183. The van der Waals surface area contributed by atoms with Crippen LogP contribution in [0.25, 0.3) is 10.9 Å². The molecule has 5 amide bonds. The van der Waals surface area contributed by atoms with Crippen LogP contribution in [0, 0.1) is 17.2 Å². The molecule has 1 atom stereocenters. The van der Waals surface area contributed by atoms with Gasteiger partial charge in [0.1, 0.15) is 35.5 Å². The molecule has 4 aromatic rings. The number of aromatic nitrogens is 2. The van der Waals surface area contributed by atoms with Gasteiger partial charge in [-0.3, -0.25) is 38.8 Å². The largest absolute Gasteiger partial charge is 0.490 e. The van der Waals surface area contributed by atoms with Crippen molar-refractivity contribution in [3.8, 4) is 17.6 Å². The normalized spacial score (nSPS) is 24.3. The summed E-state index contributed by atoms with van der Waals surface area (Å²) < 4.78 is 12.7. The van der Waals surface area contributed by atoms with Crippen LogP contribution < -0.4 is 20.1 Å². The number of ether oxygens (including phenoxy) is 2. The number of benzene rings is 2. The Morgan fingerprint density at radius 2 is 1.65 bits per heavy atom. The summed E-state index contributed by atoms with van der Waals surface area (Å²) in [4.78, 5) is 82.4. The summed E-state index contributed by atoms with van der Waals surface area (Å²) in [6, 6.07) is 16.8. The van der Waals surface area contributed by atoms with E-state index in [4.69, 9.17) is 15.2 Å². The van der Waals surface area contributed by atoms with Gasteiger partial charge in [-0.2, -0.15) is 5.26 Å². The van der Waals surface area contributed by atoms with E-state index in [0.717, 1.165) is 68.0 Å². The van der Waals surface area contributed by atoms with Gasteiger partial charge in [0.05, 0.1) is 33.9 Å². The van der Waals surface area contributed by atoms with Crippen molar-refractivity contribution in [3.63, 3.8) is 0 Å². The lowest BCUT2D eigenvalue weighted by Crippen LogP contribution is -2.59. The monoisotopic (exact) mass is 838 g/mol. The number of likely N-dealkylation sites (tertiary alicyclic amines) is 1. The molecule has 2 aromatic heterocycles. The van der Waals surface area contributed by atoms with Crippen LogP contribution in [0.3, 0.4) is 0 Å². The van der Waals surface area contributed by atoms with Crippen LogP contribution in [0.1, 0.15) is 108 Å². The third-order valence-corrected chi connectivity index (χ3v) is 13.5. The van der Waals surface area contributed by atoms with Gasteiger partial charge in [-0.25, -0.2) is 4.98 Å². The van der Waals surface area contributed by atoms with Crippen LogP contribution >= 0.6 is 0 Å². The van der Waals surface area contributed by atoms with E-state index in [0.29, 0.717) is 65.8 Å². The van der Waals surface area contributed by atoms with E-state index in [1.54, 1.807) is 48.7 Å². The number of fused-ring (bicyclic) bond motifs is 2. The maximum absolute atomic E-state index is 14.1. The van der Waals surface area contributed by atoms with Crippen molar-refractivity contribution in [2.75, 3.05) is 31.1 Å². The Labute approximate surface area is 359 Å². The molecule has 1 unspecified atom stereocenters. The van der Waals surface area contributed by atoms with Crippen molar-refractivity contribution < 1.29 is 33.4 Å². The SMILES string of the molecule is CCN(CC1CCN(c2ccc(C(N)=O)cn2)CC1)C1CC(Oc2ccc3c(c2)C(=O)N(C2CCC(=O)N(C4CCC(Oc5ccc(C#N)c6ncccc56)CC4)C2=O)C3=O)C1. The Balaban J connectivity index is 0.768. The number of piperidine rings is 2. The van der Waals surface area contributed by atoms with Crippen molar-refractivity contribution >= 4 is 46.3 Å². The minimum Gasteiger partial charge on any atom is -0.490 e. The number of imide groups is 2. The van der Waals surface area contributed by atoms with Gasteiger partial charge in [0.25, 0.3) is 17.7 Å². The number of anilines is 1. The Hall–Kier alpha value is -6.40. The molecule has 15 nitrogen and oxygen atoms in total. The predicted molar refractivity (Wildman–Crippen MR) is 227 cm³/mol. The summed E-state index contributed by atoms with van der Waals surface area (Å²) >= 11 is 0. The van der Waals surface area contributed by atoms with Gasteiger partial charge in [-0.05, 0) is 112 Å². The first-order valence-electron chi connectivity index (χ1n) is 21.8. The highest BCUT2D eigenvalue weighted by molar-refractivity contribution is 6.23. The number of nitrogens with two attached hydrogens (primary N) is 1. The maximum Gasteiger partial charge on any atom is 0.262 e. The minimum absolute atomic E-state index is 0.0212. The van der Waals surface area contributed by atoms with Gasteiger partial charge >= 0.3 is 0 Å². The van der Waals surface area contributed by atoms with E-state index >= 15 is 0 Å². The van der Waals surface area contributed by atoms with Crippen molar-refractivity contribution in [1.82, 2.24) is 24.7 Å². The second kappa shape index (κ2) is 17.2. The van der Waals surface area contributed by atoms with Crippen molar-refractivity contribution in [2.45, 2.75) is 101 Å². The molecule has 0 spiro atoms. The standard InChI is InChI=1S/C47H50N8O7/c1-2-52(27-28-17-20-53(21-18-28)41-15-6-30(26-51-41)44(49)57)32-22-35(23-32)61-34-11-12-36-38(24-34)46(59)55(45(36)58)39-13-16-42(56)54(47(39)60)31-7-9-33(10-8-31)62-40-14-5-29(25-48)43-37(40)4-3-19-50-43/h3-6,11-12,14-15,19,24,26,28,31-33,35,39H,2,7-10,13,16-18,20-23,27H2,1H3,(H2,49,57). The molecule has 2 N–H and O–H groups in total. The molecule has 62 heavy (non-hydrogen) atoms. The van der Waals surface area contributed by atoms with Crippen molar-refractivity contribution in [2.24, 2.45) is 11.7 Å². The van der Waals surface area contributed by atoms with Crippen molar-refractivity contribution in [1.29, 1.82) is 5.26 Å². The average Bonchev–Trinajstić information content (AvgIpc) is 3.52. The summed E-state index contributed by atoms with van der Waals surface area (Å²) in [5, 5.41) is 10.3. The zero-order valence-corrected chi connectivity index (χ0v) is 34.8. The number of hydrogen-bond donors (Lipinski definition) is 1. The second-order valence-electron chi connectivity index (χ2n) is 17.2. The van der Waals surface area contributed by atoms with Gasteiger partial charge in [0.2, 0.25) is 11.8 Å². The summed E-state index contributed by atoms with van der Waals surface area (Å²) in [7, 11) is 0. The highest BCUT2D eigenvalue weighted by Crippen LogP contribution is 2.38. The third kappa shape index (κ3) is 7.83. The van der Waals surface area contributed by atoms with E-state index in [1.807, 2.05) is 12.1 Å². The molecular weight excluding hydrogens is 789 g/mol. The molecule has 5 aliphatic rings. The maximum atomic E-state index is 14.1. The summed E-state index contributed by atoms with van der Waals surface area (Å²) in [6.45, 7) is 5.94. The molecule has 15 heteroatoms. The molecule has 9 rings (SSSR count). The Bertz CT molecular complexity index is 2450. The zero-order valence-electron chi connectivity index (χ0n) is 34.8. The second-order valence-corrected chi connectivity index (χ2v) is 17.2. The number of nitriles is 1. The van der Waals surface area contributed by atoms with Crippen LogP contribution in [0.4, 0.5) is 5.82 Å². The summed E-state index contributed by atoms with van der Waals surface area (Å²) in [6.07, 6.45) is 9.20. The van der Waals surface area contributed by atoms with Crippen LogP contribution in [0.2, 0.25) is 0 Å². The van der Waals surface area contributed by atoms with Gasteiger partial charge in [0.15, 0.2) is 0 Å². The first kappa shape index (κ1) is 41.0. The van der Waals surface area contributed by atoms with Gasteiger partial charge in [-0.15, -0.1) is 0 Å². The molecule has 5 heterocycles. The number of carbonyl (C=O) groups excluding carboxylic acids is 5. The number of pyridine rings is 2. The van der Waals surface area contributed by atoms with Crippen molar-refractivity contribution in [3.05, 3.63) is 89.2 Å². The number of carbonyl (C=O) groups is 5. The number of amides is 5. The molecule has 2 aromatic carbocycles. The Morgan fingerprint density at radius 3 is 2.35 bits per heavy atom. The van der Waals surface area contributed by atoms with Gasteiger partial charge in [-0.1, -0.05) is 6.92 Å². The smallest absolute Gasteiger partial charge is 0.262 e. The first-order valence-corrected chi connectivity index (χ1v) is 21.8. The Kier molecular flexibility index (Phi) is 11.3. The molecule has 2 saturated carbocycles. The van der Waals surface area contributed by atoms with E-state index in [1.165, 1.54) is 11.1 Å². The van der Waals surface area contributed by atoms with E-state index in [-0.39, 0.29) is 48.1 Å². The topological polar surface area (TPSA) is 192 Å². The molecular formula is C47H50N8O7. The third-order valence-electron chi connectivity index (χ3n) is 13.5. The number of primary amides is 1. The first-order chi connectivity index (χ1) is 30.1. The van der Waals surface area contributed by atoms with Crippen LogP contribution in [-0.4, -0.2) is 111 Å². The summed E-state index contributed by atoms with van der Waals surface area (Å²) in [5.41, 5.74) is 7.26. The number of nitrogens with zero attached hydrogens (tertiary/aromatic N) is 7. The lowest BCUT2D eigenvalue weighted by atomic mass is 9.86. The lowest BCUT2D eigenvalue weighted by molar-refractivity contribution is -0.155. The van der Waals surface area contributed by atoms with E-state index in [9.17, 15) is 29.2 Å². The van der Waals surface area contributed by atoms with Crippen LogP contribution in [0.15, 0.2) is 67.0 Å². The minimum atomic E-state index is -1.07. The van der Waals surface area contributed by atoms with Gasteiger partial charge in [0, 0.05) is 68.8 Å². The van der Waals surface area contributed by atoms with E-state index in [2.05, 4.69) is 32.8 Å². The number of hydrogen-bond acceptors (Lipinski definition) is 12. The molecule has 2 saturated heterocycles. The molecule has 0 bridgehead atoms. The summed E-state index contributed by atoms with van der Waals surface area (Å²) in [5.74, 6) is 0.212. The molecule has 3 aliphatic heterocycles.